The Balaban J connectivity index is 0.00000111. The number of nitrogens with two attached hydrogens (primary N) is 1. The van der Waals surface area contributed by atoms with Crippen molar-refractivity contribution in [2.45, 2.75) is 60.9 Å². The number of nitrogens with one attached hydrogen (secondary N) is 1. The largest absolute Gasteiger partial charge is 0.469 e. The molecular weight excluding hydrogens is 419 g/mol. The molecule has 0 radical (unpaired) electrons. The van der Waals surface area contributed by atoms with Crippen LogP contribution in [0.4, 0.5) is 4.39 Å². The summed E-state index contributed by atoms with van der Waals surface area (Å²) >= 11 is 0. The first-order valence-corrected chi connectivity index (χ1v) is 11.2. The Morgan fingerprint density at radius 2 is 1.55 bits per heavy atom. The summed E-state index contributed by atoms with van der Waals surface area (Å²) in [6.45, 7) is 14.6. The average molecular weight is 461 g/mol. The van der Waals surface area contributed by atoms with Gasteiger partial charge in [-0.15, -0.1) is 0 Å². The Hall–Kier alpha value is -2.57. The molecular formula is C27H41FN2O3. The van der Waals surface area contributed by atoms with Gasteiger partial charge in [0.1, 0.15) is 12.1 Å². The summed E-state index contributed by atoms with van der Waals surface area (Å²) in [4.78, 5) is 20.7. The number of carbonyl (C=O) groups is 2. The van der Waals surface area contributed by atoms with E-state index in [1.165, 1.54) is 12.7 Å². The lowest BCUT2D eigenvalue weighted by Gasteiger charge is -2.20. The highest BCUT2D eigenvalue weighted by molar-refractivity contribution is 5.74. The van der Waals surface area contributed by atoms with Crippen molar-refractivity contribution in [2.75, 3.05) is 20.7 Å². The summed E-state index contributed by atoms with van der Waals surface area (Å²) in [5.74, 6) is 0.180. The molecule has 3 N–H and O–H groups in total. The molecule has 1 atom stereocenters. The second-order valence-corrected chi connectivity index (χ2v) is 8.73. The molecule has 1 unspecified atom stereocenters. The van der Waals surface area contributed by atoms with Gasteiger partial charge in [0.05, 0.1) is 13.5 Å². The number of rotatable bonds is 6. The fourth-order valence-corrected chi connectivity index (χ4v) is 3.45. The molecule has 0 spiro atoms. The Bertz CT molecular complexity index is 885. The number of methoxy groups -OCH3 is 1. The Morgan fingerprint density at radius 1 is 1.06 bits per heavy atom. The maximum atomic E-state index is 14.8. The Kier molecular flexibility index (Phi) is 14.1. The smallest absolute Gasteiger partial charge is 0.307 e. The van der Waals surface area contributed by atoms with E-state index >= 15 is 0 Å². The zero-order valence-corrected chi connectivity index (χ0v) is 21.6. The van der Waals surface area contributed by atoms with Gasteiger partial charge in [0.25, 0.3) is 0 Å². The van der Waals surface area contributed by atoms with Gasteiger partial charge in [0.2, 0.25) is 0 Å². The number of carbonyl (C=O) groups excluding carboxylic acids is 2. The molecule has 5 nitrogen and oxygen atoms in total. The molecule has 0 bridgehead atoms. The van der Waals surface area contributed by atoms with Crippen LogP contribution in [-0.2, 0) is 14.3 Å². The number of aryl methyl sites for hydroxylation is 4. The van der Waals surface area contributed by atoms with Gasteiger partial charge in [0.15, 0.2) is 0 Å². The Labute approximate surface area is 198 Å². The van der Waals surface area contributed by atoms with E-state index in [0.29, 0.717) is 17.4 Å². The molecule has 2 aromatic carbocycles. The third kappa shape index (κ3) is 10.3. The monoisotopic (exact) mass is 460 g/mol. The van der Waals surface area contributed by atoms with Crippen molar-refractivity contribution < 1.29 is 18.7 Å². The van der Waals surface area contributed by atoms with E-state index in [2.05, 4.69) is 64.7 Å². The van der Waals surface area contributed by atoms with Gasteiger partial charge in [-0.05, 0) is 80.6 Å². The summed E-state index contributed by atoms with van der Waals surface area (Å²) in [5, 5.41) is 3.03. The number of ether oxygens (including phenoxy) is 1. The third-order valence-corrected chi connectivity index (χ3v) is 4.67. The zero-order valence-electron chi connectivity index (χ0n) is 21.6. The maximum Gasteiger partial charge on any atom is 0.307 e. The normalized spacial score (nSPS) is 11.0. The first kappa shape index (κ1) is 30.4. The maximum absolute atomic E-state index is 14.8. The SMILES string of the molecule is CC(C)C.CNC(CC(=O)OC)c1cc(-c2c(C)cc(C)cc2C)cc(C)c1F.NCC=O. The van der Waals surface area contributed by atoms with Crippen LogP contribution in [0.3, 0.4) is 0 Å². The summed E-state index contributed by atoms with van der Waals surface area (Å²) in [6, 6.07) is 7.54. The molecule has 0 saturated heterocycles. The lowest BCUT2D eigenvalue weighted by Crippen LogP contribution is -2.22. The molecule has 0 fully saturated rings. The molecule has 0 aliphatic carbocycles. The van der Waals surface area contributed by atoms with Gasteiger partial charge in [-0.1, -0.05) is 38.5 Å². The summed E-state index contributed by atoms with van der Waals surface area (Å²) in [6.07, 6.45) is 0.735. The second kappa shape index (κ2) is 15.3. The third-order valence-electron chi connectivity index (χ3n) is 4.67. The van der Waals surface area contributed by atoms with Crippen molar-refractivity contribution in [3.8, 4) is 11.1 Å². The predicted molar refractivity (Wildman–Crippen MR) is 135 cm³/mol. The van der Waals surface area contributed by atoms with E-state index in [4.69, 9.17) is 9.53 Å². The van der Waals surface area contributed by atoms with E-state index in [9.17, 15) is 9.18 Å². The number of halogens is 1. The zero-order chi connectivity index (χ0) is 25.7. The minimum atomic E-state index is -0.433. The van der Waals surface area contributed by atoms with Gasteiger partial charge in [-0.25, -0.2) is 4.39 Å². The number of esters is 1. The van der Waals surface area contributed by atoms with Crippen molar-refractivity contribution in [2.24, 2.45) is 11.7 Å². The molecule has 0 saturated carbocycles. The first-order chi connectivity index (χ1) is 15.4. The minimum absolute atomic E-state index is 0.0820. The van der Waals surface area contributed by atoms with Crippen LogP contribution in [0.1, 0.15) is 61.1 Å². The topological polar surface area (TPSA) is 81.4 Å². The van der Waals surface area contributed by atoms with Crippen LogP contribution < -0.4 is 11.1 Å². The van der Waals surface area contributed by atoms with Crippen LogP contribution in [0.5, 0.6) is 0 Å². The Morgan fingerprint density at radius 3 is 1.94 bits per heavy atom. The van der Waals surface area contributed by atoms with Crippen LogP contribution in [-0.4, -0.2) is 33.0 Å². The number of aldehydes is 1. The highest BCUT2D eigenvalue weighted by Gasteiger charge is 2.21. The highest BCUT2D eigenvalue weighted by atomic mass is 19.1. The van der Waals surface area contributed by atoms with E-state index in [0.717, 1.165) is 28.2 Å². The standard InChI is InChI=1S/C21H26FNO2.C4H10.C2H5NO/c1-12-7-13(2)20(14(3)8-12)16-9-15(4)21(22)17(10-16)18(23-5)11-19(24)25-6;1-4(2)3;3-1-2-4/h7-10,18,23H,11H2,1-6H3;4H,1-3H3;2H,1,3H2. The van der Waals surface area contributed by atoms with Crippen LogP contribution in [0, 0.1) is 39.4 Å². The van der Waals surface area contributed by atoms with Crippen molar-refractivity contribution in [3.63, 3.8) is 0 Å². The quantitative estimate of drug-likeness (QED) is 0.448. The van der Waals surface area contributed by atoms with E-state index in [-0.39, 0.29) is 24.8 Å². The summed E-state index contributed by atoms with van der Waals surface area (Å²) in [7, 11) is 3.06. The lowest BCUT2D eigenvalue weighted by atomic mass is 9.89. The van der Waals surface area contributed by atoms with Crippen LogP contribution in [0.2, 0.25) is 0 Å². The molecule has 0 aliphatic rings. The fourth-order valence-electron chi connectivity index (χ4n) is 3.45. The highest BCUT2D eigenvalue weighted by Crippen LogP contribution is 2.33. The summed E-state index contributed by atoms with van der Waals surface area (Å²) in [5.41, 5.74) is 11.3. The molecule has 2 aromatic rings. The fraction of sp³-hybridized carbons (Fsp3) is 0.481. The molecule has 2 rings (SSSR count). The predicted octanol–water partition coefficient (Wildman–Crippen LogP) is 5.36. The van der Waals surface area contributed by atoms with Crippen LogP contribution >= 0.6 is 0 Å². The van der Waals surface area contributed by atoms with E-state index in [1.54, 1.807) is 14.0 Å². The van der Waals surface area contributed by atoms with Crippen LogP contribution in [0.15, 0.2) is 24.3 Å². The van der Waals surface area contributed by atoms with Crippen molar-refractivity contribution in [1.29, 1.82) is 0 Å². The molecule has 6 heteroatoms. The molecule has 0 amide bonds. The van der Waals surface area contributed by atoms with Gasteiger partial charge in [0, 0.05) is 18.2 Å². The van der Waals surface area contributed by atoms with Gasteiger partial charge < -0.3 is 20.6 Å². The number of benzene rings is 2. The molecule has 184 valence electrons. The molecule has 33 heavy (non-hydrogen) atoms. The van der Waals surface area contributed by atoms with Crippen LogP contribution in [0.25, 0.3) is 11.1 Å². The van der Waals surface area contributed by atoms with Gasteiger partial charge >= 0.3 is 5.97 Å². The van der Waals surface area contributed by atoms with Crippen molar-refractivity contribution in [1.82, 2.24) is 5.32 Å². The number of hydrogen-bond donors (Lipinski definition) is 2. The van der Waals surface area contributed by atoms with E-state index < -0.39 is 6.04 Å². The average Bonchev–Trinajstić information content (AvgIpc) is 2.73. The number of hydrogen-bond acceptors (Lipinski definition) is 5. The van der Waals surface area contributed by atoms with Gasteiger partial charge in [-0.3, -0.25) is 4.79 Å². The minimum Gasteiger partial charge on any atom is -0.469 e. The second-order valence-electron chi connectivity index (χ2n) is 8.73. The lowest BCUT2D eigenvalue weighted by molar-refractivity contribution is -0.141. The van der Waals surface area contributed by atoms with Crippen molar-refractivity contribution in [3.05, 3.63) is 57.9 Å². The van der Waals surface area contributed by atoms with E-state index in [1.807, 2.05) is 12.1 Å². The molecule has 0 heterocycles. The molecule has 0 aliphatic heterocycles. The molecule has 0 aromatic heterocycles. The van der Waals surface area contributed by atoms with Gasteiger partial charge in [-0.2, -0.15) is 0 Å². The first-order valence-electron chi connectivity index (χ1n) is 11.2. The van der Waals surface area contributed by atoms with Crippen molar-refractivity contribution >= 4 is 12.3 Å². The summed E-state index contributed by atoms with van der Waals surface area (Å²) < 4.78 is 19.5.